The number of hydrogen-bond donors (Lipinski definition) is 1. The molecule has 1 aliphatic heterocycles. The highest BCUT2D eigenvalue weighted by Crippen LogP contribution is 2.15. The Morgan fingerprint density at radius 1 is 1.31 bits per heavy atom. The summed E-state index contributed by atoms with van der Waals surface area (Å²) in [6, 6.07) is 0.736. The van der Waals surface area contributed by atoms with E-state index in [0.717, 1.165) is 32.1 Å². The van der Waals surface area contributed by atoms with E-state index in [1.165, 1.54) is 0 Å². The molecule has 2 amide bonds. The summed E-state index contributed by atoms with van der Waals surface area (Å²) in [6.45, 7) is 2.23. The van der Waals surface area contributed by atoms with Gasteiger partial charge in [-0.25, -0.2) is 4.79 Å². The molecule has 0 spiro atoms. The minimum absolute atomic E-state index is 0.0134. The number of carbonyl (C=O) groups is 1. The fourth-order valence-electron chi connectivity index (χ4n) is 1.77. The van der Waals surface area contributed by atoms with Crippen LogP contribution in [0, 0.1) is 0 Å². The van der Waals surface area contributed by atoms with Crippen molar-refractivity contribution < 1.29 is 18.1 Å². The molecule has 1 N–H and O–H groups in total. The van der Waals surface area contributed by atoms with Gasteiger partial charge in [-0.2, -0.15) is 0 Å². The Morgan fingerprint density at radius 3 is 2.38 bits per heavy atom. The van der Waals surface area contributed by atoms with Crippen molar-refractivity contribution in [3.63, 3.8) is 0 Å². The lowest BCUT2D eigenvalue weighted by Gasteiger charge is -2.25. The van der Waals surface area contributed by atoms with Crippen LogP contribution in [-0.4, -0.2) is 60.7 Å². The molecule has 0 bridgehead atoms. The van der Waals surface area contributed by atoms with Gasteiger partial charge >= 0.3 is 14.8 Å². The standard InChI is InChI=1S/C9H20N2O4Si/c1-13-16(14-2,15-3)8-4-6-11-7-5-10-9(11)12/h4-8H2,1-3H3,(H,10,12). The Kier molecular flexibility index (Phi) is 5.20. The first-order valence-electron chi connectivity index (χ1n) is 5.35. The molecule has 0 radical (unpaired) electrons. The topological polar surface area (TPSA) is 60.0 Å². The van der Waals surface area contributed by atoms with Crippen LogP contribution in [-0.2, 0) is 13.3 Å². The number of rotatable bonds is 7. The summed E-state index contributed by atoms with van der Waals surface area (Å²) >= 11 is 0. The van der Waals surface area contributed by atoms with Gasteiger partial charge < -0.3 is 23.5 Å². The average molecular weight is 248 g/mol. The molecule has 6 nitrogen and oxygen atoms in total. The minimum atomic E-state index is -2.47. The molecule has 7 heteroatoms. The van der Waals surface area contributed by atoms with E-state index in [2.05, 4.69) is 5.32 Å². The van der Waals surface area contributed by atoms with Crippen LogP contribution in [0.2, 0.25) is 6.04 Å². The predicted octanol–water partition coefficient (Wildman–Crippen LogP) is 0.280. The average Bonchev–Trinajstić information content (AvgIpc) is 2.71. The Hall–Kier alpha value is -0.633. The molecule has 1 fully saturated rings. The van der Waals surface area contributed by atoms with Crippen molar-refractivity contribution in [1.29, 1.82) is 0 Å². The van der Waals surface area contributed by atoms with Gasteiger partial charge in [0.15, 0.2) is 0 Å². The molecule has 1 aliphatic rings. The van der Waals surface area contributed by atoms with Crippen LogP contribution >= 0.6 is 0 Å². The van der Waals surface area contributed by atoms with Crippen molar-refractivity contribution in [3.8, 4) is 0 Å². The number of carbonyl (C=O) groups excluding carboxylic acids is 1. The van der Waals surface area contributed by atoms with E-state index in [4.69, 9.17) is 13.3 Å². The van der Waals surface area contributed by atoms with Gasteiger partial charge in [0.2, 0.25) is 0 Å². The lowest BCUT2D eigenvalue weighted by molar-refractivity contribution is 0.122. The van der Waals surface area contributed by atoms with Crippen LogP contribution in [0.3, 0.4) is 0 Å². The summed E-state index contributed by atoms with van der Waals surface area (Å²) in [5.41, 5.74) is 0. The zero-order chi connectivity index (χ0) is 12.0. The van der Waals surface area contributed by atoms with Crippen molar-refractivity contribution in [3.05, 3.63) is 0 Å². The van der Waals surface area contributed by atoms with E-state index in [1.54, 1.807) is 26.2 Å². The van der Waals surface area contributed by atoms with Gasteiger partial charge in [-0.05, 0) is 6.42 Å². The van der Waals surface area contributed by atoms with E-state index >= 15 is 0 Å². The molecule has 0 saturated carbocycles. The van der Waals surface area contributed by atoms with Gasteiger partial charge in [0, 0.05) is 47.0 Å². The molecule has 1 rings (SSSR count). The molecule has 0 aromatic heterocycles. The fourth-order valence-corrected chi connectivity index (χ4v) is 3.47. The van der Waals surface area contributed by atoms with Gasteiger partial charge in [0.1, 0.15) is 0 Å². The van der Waals surface area contributed by atoms with E-state index in [1.807, 2.05) is 0 Å². The molecular weight excluding hydrogens is 228 g/mol. The van der Waals surface area contributed by atoms with Crippen LogP contribution in [0.15, 0.2) is 0 Å². The van der Waals surface area contributed by atoms with Crippen molar-refractivity contribution in [2.24, 2.45) is 0 Å². The Bertz CT molecular complexity index is 227. The minimum Gasteiger partial charge on any atom is -0.377 e. The van der Waals surface area contributed by atoms with Crippen LogP contribution < -0.4 is 5.32 Å². The second-order valence-corrected chi connectivity index (χ2v) is 6.71. The van der Waals surface area contributed by atoms with E-state index < -0.39 is 8.80 Å². The molecule has 16 heavy (non-hydrogen) atoms. The molecule has 1 saturated heterocycles. The summed E-state index contributed by atoms with van der Waals surface area (Å²) in [5.74, 6) is 0. The lowest BCUT2D eigenvalue weighted by Crippen LogP contribution is -2.43. The Morgan fingerprint density at radius 2 is 1.94 bits per heavy atom. The van der Waals surface area contributed by atoms with Crippen LogP contribution in [0.4, 0.5) is 4.79 Å². The highest BCUT2D eigenvalue weighted by molar-refractivity contribution is 6.60. The predicted molar refractivity (Wildman–Crippen MR) is 61.2 cm³/mol. The summed E-state index contributed by atoms with van der Waals surface area (Å²) in [5, 5.41) is 2.76. The van der Waals surface area contributed by atoms with Crippen molar-refractivity contribution >= 4 is 14.8 Å². The normalized spacial score (nSPS) is 16.7. The fraction of sp³-hybridized carbons (Fsp3) is 0.889. The first-order chi connectivity index (χ1) is 7.67. The molecule has 1 heterocycles. The number of nitrogens with one attached hydrogen (secondary N) is 1. The quantitative estimate of drug-likeness (QED) is 0.657. The second kappa shape index (κ2) is 6.19. The van der Waals surface area contributed by atoms with Crippen LogP contribution in [0.5, 0.6) is 0 Å². The monoisotopic (exact) mass is 248 g/mol. The lowest BCUT2D eigenvalue weighted by atomic mass is 10.4. The van der Waals surface area contributed by atoms with Gasteiger partial charge in [-0.3, -0.25) is 0 Å². The third kappa shape index (κ3) is 3.18. The van der Waals surface area contributed by atoms with Crippen molar-refractivity contribution in [2.75, 3.05) is 41.0 Å². The van der Waals surface area contributed by atoms with Crippen LogP contribution in [0.25, 0.3) is 0 Å². The molecule has 94 valence electrons. The molecule has 0 aliphatic carbocycles. The van der Waals surface area contributed by atoms with Gasteiger partial charge in [0.25, 0.3) is 0 Å². The van der Waals surface area contributed by atoms with E-state index in [-0.39, 0.29) is 6.03 Å². The zero-order valence-corrected chi connectivity index (χ0v) is 11.1. The number of nitrogens with zero attached hydrogens (tertiary/aromatic N) is 1. The second-order valence-electron chi connectivity index (χ2n) is 3.62. The molecule has 0 aromatic rings. The Labute approximate surface area is 97.2 Å². The van der Waals surface area contributed by atoms with Gasteiger partial charge in [-0.15, -0.1) is 0 Å². The molecule has 0 unspecified atom stereocenters. The summed E-state index contributed by atoms with van der Waals surface area (Å²) in [6.07, 6.45) is 0.829. The third-order valence-corrected chi connectivity index (χ3v) is 5.62. The third-order valence-electron chi connectivity index (χ3n) is 2.79. The van der Waals surface area contributed by atoms with E-state index in [9.17, 15) is 4.79 Å². The van der Waals surface area contributed by atoms with Crippen LogP contribution in [0.1, 0.15) is 6.42 Å². The largest absolute Gasteiger partial charge is 0.500 e. The highest BCUT2D eigenvalue weighted by atomic mass is 28.4. The SMILES string of the molecule is CO[Si](CCCN1CCNC1=O)(OC)OC. The summed E-state index contributed by atoms with van der Waals surface area (Å²) in [7, 11) is 2.33. The number of urea groups is 1. The number of hydrogen-bond acceptors (Lipinski definition) is 4. The molecule has 0 atom stereocenters. The van der Waals surface area contributed by atoms with Gasteiger partial charge in [-0.1, -0.05) is 0 Å². The number of amides is 2. The summed E-state index contributed by atoms with van der Waals surface area (Å²) < 4.78 is 15.9. The molecular formula is C9H20N2O4Si. The maximum Gasteiger partial charge on any atom is 0.500 e. The van der Waals surface area contributed by atoms with Crippen molar-refractivity contribution in [2.45, 2.75) is 12.5 Å². The maximum absolute atomic E-state index is 11.3. The smallest absolute Gasteiger partial charge is 0.377 e. The molecule has 0 aromatic carbocycles. The summed E-state index contributed by atoms with van der Waals surface area (Å²) in [4.78, 5) is 13.1. The highest BCUT2D eigenvalue weighted by Gasteiger charge is 2.37. The first-order valence-corrected chi connectivity index (χ1v) is 7.29. The van der Waals surface area contributed by atoms with E-state index in [0.29, 0.717) is 0 Å². The Balaban J connectivity index is 2.30. The zero-order valence-electron chi connectivity index (χ0n) is 10.1. The first kappa shape index (κ1) is 13.4. The van der Waals surface area contributed by atoms with Crippen molar-refractivity contribution in [1.82, 2.24) is 10.2 Å². The maximum atomic E-state index is 11.3. The van der Waals surface area contributed by atoms with Gasteiger partial charge in [0.05, 0.1) is 0 Å².